The molecule has 0 saturated carbocycles. The van der Waals surface area contributed by atoms with E-state index in [0.29, 0.717) is 12.2 Å². The van der Waals surface area contributed by atoms with Crippen LogP contribution in [0.15, 0.2) is 48.5 Å². The molecule has 0 N–H and O–H groups in total. The molecule has 29 heavy (non-hydrogen) atoms. The number of ketones is 2. The summed E-state index contributed by atoms with van der Waals surface area (Å²) >= 11 is 1.05. The van der Waals surface area contributed by atoms with E-state index in [1.807, 2.05) is 0 Å². The SMILES string of the molecule is C.O=C1CC(=O)C(Cc2ccc(OCC(=O)c3ccc(C(F)(F)F)cc3)cc2)S1. The van der Waals surface area contributed by atoms with Gasteiger partial charge in [0.2, 0.25) is 0 Å². The van der Waals surface area contributed by atoms with E-state index in [9.17, 15) is 27.6 Å². The van der Waals surface area contributed by atoms with Crippen molar-refractivity contribution < 1.29 is 32.3 Å². The molecule has 1 fully saturated rings. The van der Waals surface area contributed by atoms with Crippen LogP contribution in [-0.4, -0.2) is 28.5 Å². The smallest absolute Gasteiger partial charge is 0.416 e. The third kappa shape index (κ3) is 5.93. The molecule has 2 aromatic rings. The van der Waals surface area contributed by atoms with Crippen LogP contribution >= 0.6 is 11.8 Å². The second-order valence-electron chi connectivity index (χ2n) is 6.26. The highest BCUT2D eigenvalue weighted by Crippen LogP contribution is 2.30. The molecule has 154 valence electrons. The van der Waals surface area contributed by atoms with Gasteiger partial charge in [0.05, 0.1) is 17.2 Å². The second kappa shape index (κ2) is 9.26. The van der Waals surface area contributed by atoms with Gasteiger partial charge in [0, 0.05) is 5.56 Å². The maximum Gasteiger partial charge on any atom is 0.416 e. The van der Waals surface area contributed by atoms with Gasteiger partial charge in [-0.25, -0.2) is 0 Å². The minimum atomic E-state index is -4.45. The number of Topliss-reactive ketones (excluding diaryl/α,β-unsaturated/α-hetero) is 2. The Morgan fingerprint density at radius 1 is 1.03 bits per heavy atom. The molecule has 0 aromatic heterocycles. The predicted molar refractivity (Wildman–Crippen MR) is 104 cm³/mol. The van der Waals surface area contributed by atoms with Gasteiger partial charge in [0.25, 0.3) is 0 Å². The summed E-state index contributed by atoms with van der Waals surface area (Å²) in [5.74, 6) is -0.0905. The van der Waals surface area contributed by atoms with Crippen LogP contribution in [-0.2, 0) is 22.2 Å². The molecule has 1 heterocycles. The Hall–Kier alpha value is -2.61. The van der Waals surface area contributed by atoms with Crippen LogP contribution in [0.1, 0.15) is 35.3 Å². The van der Waals surface area contributed by atoms with Crippen molar-refractivity contribution >= 4 is 28.4 Å². The first-order valence-corrected chi connectivity index (χ1v) is 9.25. The number of hydrogen-bond acceptors (Lipinski definition) is 5. The fourth-order valence-corrected chi connectivity index (χ4v) is 3.72. The van der Waals surface area contributed by atoms with E-state index in [4.69, 9.17) is 4.74 Å². The average molecular weight is 424 g/mol. The zero-order valence-corrected chi connectivity index (χ0v) is 15.3. The molecule has 0 aliphatic carbocycles. The van der Waals surface area contributed by atoms with Crippen LogP contribution in [0.5, 0.6) is 5.75 Å². The van der Waals surface area contributed by atoms with E-state index in [1.165, 1.54) is 0 Å². The standard InChI is InChI=1S/C20H15F3O4S.CH4/c21-20(22,23)14-5-3-13(4-6-14)17(25)11-27-15-7-1-12(2-8-15)9-18-16(24)10-19(26)28-18;/h1-8,18H,9-11H2;1H4. The van der Waals surface area contributed by atoms with Gasteiger partial charge in [-0.3, -0.25) is 14.4 Å². The predicted octanol–water partition coefficient (Wildman–Crippen LogP) is 4.75. The summed E-state index contributed by atoms with van der Waals surface area (Å²) in [5, 5.41) is -0.475. The second-order valence-corrected chi connectivity index (χ2v) is 7.52. The van der Waals surface area contributed by atoms with Crippen molar-refractivity contribution in [3.63, 3.8) is 0 Å². The number of benzene rings is 2. The van der Waals surface area contributed by atoms with Crippen molar-refractivity contribution in [1.29, 1.82) is 0 Å². The van der Waals surface area contributed by atoms with Gasteiger partial charge in [0.1, 0.15) is 5.75 Å². The van der Waals surface area contributed by atoms with E-state index in [1.54, 1.807) is 24.3 Å². The normalized spacial score (nSPS) is 16.4. The van der Waals surface area contributed by atoms with Crippen molar-refractivity contribution in [2.24, 2.45) is 0 Å². The van der Waals surface area contributed by atoms with Gasteiger partial charge in [-0.15, -0.1) is 0 Å². The maximum atomic E-state index is 12.5. The first-order chi connectivity index (χ1) is 13.2. The molecule has 0 radical (unpaired) electrons. The number of rotatable bonds is 6. The summed E-state index contributed by atoms with van der Waals surface area (Å²) in [6.45, 7) is -0.309. The number of thioether (sulfide) groups is 1. The Balaban J connectivity index is 0.00000300. The van der Waals surface area contributed by atoms with E-state index in [-0.39, 0.29) is 42.2 Å². The van der Waals surface area contributed by atoms with E-state index in [0.717, 1.165) is 41.6 Å². The Kier molecular flexibility index (Phi) is 7.24. The Morgan fingerprint density at radius 3 is 2.17 bits per heavy atom. The lowest BCUT2D eigenvalue weighted by Gasteiger charge is -2.10. The zero-order chi connectivity index (χ0) is 20.3. The topological polar surface area (TPSA) is 60.4 Å². The molecule has 1 saturated heterocycles. The fourth-order valence-electron chi connectivity index (χ4n) is 2.69. The van der Waals surface area contributed by atoms with Gasteiger partial charge < -0.3 is 4.74 Å². The summed E-state index contributed by atoms with van der Waals surface area (Å²) in [6.07, 6.45) is -4.03. The summed E-state index contributed by atoms with van der Waals surface area (Å²) in [5.41, 5.74) is 0.175. The number of hydrogen-bond donors (Lipinski definition) is 0. The minimum absolute atomic E-state index is 0. The largest absolute Gasteiger partial charge is 0.485 e. The van der Waals surface area contributed by atoms with E-state index >= 15 is 0 Å². The van der Waals surface area contributed by atoms with Crippen LogP contribution in [0.2, 0.25) is 0 Å². The summed E-state index contributed by atoms with van der Waals surface area (Å²) in [4.78, 5) is 35.0. The third-order valence-electron chi connectivity index (χ3n) is 4.20. The van der Waals surface area contributed by atoms with E-state index < -0.39 is 17.5 Å². The Labute approximate surface area is 170 Å². The molecule has 0 bridgehead atoms. The monoisotopic (exact) mass is 424 g/mol. The van der Waals surface area contributed by atoms with Crippen LogP contribution in [0.25, 0.3) is 0 Å². The molecule has 1 aliphatic heterocycles. The van der Waals surface area contributed by atoms with E-state index in [2.05, 4.69) is 0 Å². The Bertz CT molecular complexity index is 890. The summed E-state index contributed by atoms with van der Waals surface area (Å²) in [6, 6.07) is 10.7. The average Bonchev–Trinajstić information content (AvgIpc) is 2.97. The Morgan fingerprint density at radius 2 is 1.66 bits per heavy atom. The number of halogens is 3. The summed E-state index contributed by atoms with van der Waals surface area (Å²) in [7, 11) is 0. The molecule has 1 unspecified atom stereocenters. The van der Waals surface area contributed by atoms with Gasteiger partial charge in [0.15, 0.2) is 23.3 Å². The van der Waals surface area contributed by atoms with Crippen molar-refractivity contribution in [2.75, 3.05) is 6.61 Å². The van der Waals surface area contributed by atoms with Crippen molar-refractivity contribution in [1.82, 2.24) is 0 Å². The van der Waals surface area contributed by atoms with Crippen LogP contribution in [0, 0.1) is 0 Å². The van der Waals surface area contributed by atoms with Crippen molar-refractivity contribution in [2.45, 2.75) is 31.7 Å². The van der Waals surface area contributed by atoms with Gasteiger partial charge in [-0.1, -0.05) is 43.5 Å². The lowest BCUT2D eigenvalue weighted by Crippen LogP contribution is -2.14. The molecule has 8 heteroatoms. The molecule has 1 atom stereocenters. The first-order valence-electron chi connectivity index (χ1n) is 8.37. The zero-order valence-electron chi connectivity index (χ0n) is 14.5. The molecular weight excluding hydrogens is 405 g/mol. The summed E-state index contributed by atoms with van der Waals surface area (Å²) < 4.78 is 43.0. The molecule has 4 nitrogen and oxygen atoms in total. The third-order valence-corrected chi connectivity index (χ3v) is 5.32. The number of alkyl halides is 3. The van der Waals surface area contributed by atoms with Gasteiger partial charge in [-0.05, 0) is 36.2 Å². The highest BCUT2D eigenvalue weighted by molar-refractivity contribution is 8.15. The quantitative estimate of drug-likeness (QED) is 0.495. The molecule has 0 spiro atoms. The van der Waals surface area contributed by atoms with Crippen LogP contribution < -0.4 is 4.74 Å². The highest BCUT2D eigenvalue weighted by atomic mass is 32.2. The molecule has 0 amide bonds. The number of carbonyl (C=O) groups is 3. The fraction of sp³-hybridized carbons (Fsp3) is 0.286. The molecule has 2 aromatic carbocycles. The number of ether oxygens (including phenoxy) is 1. The van der Waals surface area contributed by atoms with Crippen LogP contribution in [0.3, 0.4) is 0 Å². The maximum absolute atomic E-state index is 12.5. The van der Waals surface area contributed by atoms with Crippen molar-refractivity contribution in [3.05, 3.63) is 65.2 Å². The molecular formula is C21H19F3O4S. The molecule has 1 aliphatic rings. The molecule has 3 rings (SSSR count). The van der Waals surface area contributed by atoms with Gasteiger partial charge >= 0.3 is 6.18 Å². The number of carbonyl (C=O) groups excluding carboxylic acids is 3. The minimum Gasteiger partial charge on any atom is -0.485 e. The van der Waals surface area contributed by atoms with Crippen molar-refractivity contribution in [3.8, 4) is 5.75 Å². The first kappa shape index (κ1) is 22.7. The van der Waals surface area contributed by atoms with Crippen LogP contribution in [0.4, 0.5) is 13.2 Å². The lowest BCUT2D eigenvalue weighted by molar-refractivity contribution is -0.137. The lowest BCUT2D eigenvalue weighted by atomic mass is 10.1. The van der Waals surface area contributed by atoms with Gasteiger partial charge in [-0.2, -0.15) is 13.2 Å². The highest BCUT2D eigenvalue weighted by Gasteiger charge is 2.32.